The first-order valence-electron chi connectivity index (χ1n) is 26.4. The van der Waals surface area contributed by atoms with Crippen LogP contribution in [0.25, 0.3) is 0 Å². The van der Waals surface area contributed by atoms with Crippen LogP contribution in [0.1, 0.15) is 130 Å². The predicted octanol–water partition coefficient (Wildman–Crippen LogP) is -2.25. The smallest absolute Gasteiger partial charge is 0.243 e. The number of rotatable bonds is 25. The third-order valence-corrected chi connectivity index (χ3v) is 12.3. The van der Waals surface area contributed by atoms with Gasteiger partial charge in [0, 0.05) is 13.0 Å². The van der Waals surface area contributed by atoms with E-state index in [4.69, 9.17) is 22.9 Å². The van der Waals surface area contributed by atoms with Crippen molar-refractivity contribution in [3.63, 3.8) is 0 Å². The second kappa shape index (κ2) is 35.1. The van der Waals surface area contributed by atoms with Gasteiger partial charge in [-0.2, -0.15) is 0 Å². The van der Waals surface area contributed by atoms with E-state index in [2.05, 4.69) is 54.8 Å². The summed E-state index contributed by atoms with van der Waals surface area (Å²) < 4.78 is 0. The monoisotopic (exact) mass is 1060 g/mol. The third-order valence-electron chi connectivity index (χ3n) is 12.3. The van der Waals surface area contributed by atoms with Gasteiger partial charge in [0.2, 0.25) is 59.1 Å². The molecule has 1 aliphatic rings. The molecule has 2 rings (SSSR count). The highest BCUT2D eigenvalue weighted by Gasteiger charge is 2.36. The molecular formula is C51H87N13O11. The van der Waals surface area contributed by atoms with Crippen LogP contribution >= 0.6 is 0 Å². The van der Waals surface area contributed by atoms with Crippen LogP contribution in [0.3, 0.4) is 0 Å². The molecule has 0 aliphatic carbocycles. The molecule has 422 valence electrons. The maximum absolute atomic E-state index is 14.4. The van der Waals surface area contributed by atoms with Crippen LogP contribution in [0.2, 0.25) is 0 Å². The molecule has 0 radical (unpaired) electrons. The highest BCUT2D eigenvalue weighted by atomic mass is 16.3. The van der Waals surface area contributed by atoms with Gasteiger partial charge in [-0.05, 0) is 82.0 Å². The van der Waals surface area contributed by atoms with Crippen LogP contribution in [-0.4, -0.2) is 145 Å². The molecule has 75 heavy (non-hydrogen) atoms. The molecule has 1 aliphatic heterocycles. The molecule has 1 aromatic rings. The summed E-state index contributed by atoms with van der Waals surface area (Å²) in [6.45, 7) is 8.71. The van der Waals surface area contributed by atoms with E-state index in [-0.39, 0.29) is 89.4 Å². The van der Waals surface area contributed by atoms with Gasteiger partial charge in [-0.1, -0.05) is 97.1 Å². The van der Waals surface area contributed by atoms with Crippen LogP contribution in [0.5, 0.6) is 0 Å². The summed E-state index contributed by atoms with van der Waals surface area (Å²) in [5.41, 5.74) is 23.8. The van der Waals surface area contributed by atoms with Gasteiger partial charge in [-0.15, -0.1) is 0 Å². The van der Waals surface area contributed by atoms with Crippen molar-refractivity contribution in [2.45, 2.75) is 185 Å². The fraction of sp³-hybridized carbons (Fsp3) is 0.686. The van der Waals surface area contributed by atoms with Crippen LogP contribution in [0, 0.1) is 11.8 Å². The van der Waals surface area contributed by atoms with E-state index >= 15 is 0 Å². The number of hydrogen-bond donors (Lipinski definition) is 14. The lowest BCUT2D eigenvalue weighted by Crippen LogP contribution is -2.61. The molecule has 10 amide bonds. The van der Waals surface area contributed by atoms with Crippen molar-refractivity contribution >= 4 is 59.1 Å². The molecule has 1 heterocycles. The van der Waals surface area contributed by atoms with Crippen LogP contribution in [0.4, 0.5) is 0 Å². The standard InChI is InChI=1S/C51H87N13O11/c1-6-7-8-9-13-16-33(65)28-43(67)57-41(29-42(55)66)51(75)61-37-20-24-56-44(68)38(25-30(2)3)62-46(70)35(18-22-53)58-45(69)34(17-21-52)60-49(73)39(26-31(4)5)63-50(74)40(27-32-14-11-10-12-15-32)64-47(71)36(19-23-54)59-48(37)72/h10-12,14-15,30-31,33-41,65H,6-9,13,16-29,52-54H2,1-5H3,(H2,55,66)(H,56,68)(H,57,67)(H,58,69)(H,59,72)(H,60,73)(H,61,75)(H,62,70)(H,63,74)(H,64,71)/t33-,34+,35+,36+,37+,38+,39+,40-,41-/m1/s1. The Kier molecular flexibility index (Phi) is 30.4. The molecule has 9 atom stereocenters. The van der Waals surface area contributed by atoms with Gasteiger partial charge in [-0.3, -0.25) is 47.9 Å². The summed E-state index contributed by atoms with van der Waals surface area (Å²) in [6, 6.07) is -2.36. The molecule has 24 heteroatoms. The predicted molar refractivity (Wildman–Crippen MR) is 281 cm³/mol. The van der Waals surface area contributed by atoms with E-state index in [0.29, 0.717) is 18.4 Å². The van der Waals surface area contributed by atoms with Crippen LogP contribution in [-0.2, 0) is 54.4 Å². The number of aliphatic hydroxyl groups is 1. The fourth-order valence-electron chi connectivity index (χ4n) is 8.37. The lowest BCUT2D eigenvalue weighted by Gasteiger charge is -2.28. The lowest BCUT2D eigenvalue weighted by atomic mass is 10.00. The Morgan fingerprint density at radius 1 is 0.613 bits per heavy atom. The van der Waals surface area contributed by atoms with E-state index in [9.17, 15) is 53.1 Å². The van der Waals surface area contributed by atoms with E-state index in [1.165, 1.54) is 0 Å². The van der Waals surface area contributed by atoms with Crippen molar-refractivity contribution in [1.29, 1.82) is 0 Å². The fourth-order valence-corrected chi connectivity index (χ4v) is 8.37. The molecule has 0 saturated carbocycles. The first-order valence-corrected chi connectivity index (χ1v) is 26.4. The minimum atomic E-state index is -1.62. The molecule has 1 aromatic carbocycles. The Morgan fingerprint density at radius 2 is 1.07 bits per heavy atom. The molecule has 0 bridgehead atoms. The first-order chi connectivity index (χ1) is 35.6. The number of primary amides is 1. The Hall–Kier alpha value is -6.24. The van der Waals surface area contributed by atoms with Gasteiger partial charge < -0.3 is 75.9 Å². The van der Waals surface area contributed by atoms with Gasteiger partial charge in [0.25, 0.3) is 0 Å². The molecule has 24 nitrogen and oxygen atoms in total. The Balaban J connectivity index is 2.71. The average Bonchev–Trinajstić information content (AvgIpc) is 3.34. The molecule has 0 aromatic heterocycles. The van der Waals surface area contributed by atoms with E-state index in [1.807, 2.05) is 27.7 Å². The number of benzene rings is 1. The second-order valence-electron chi connectivity index (χ2n) is 20.0. The number of hydrogen-bond acceptors (Lipinski definition) is 14. The normalized spacial score (nSPS) is 22.8. The number of aliphatic hydroxyl groups excluding tert-OH is 1. The van der Waals surface area contributed by atoms with Crippen molar-refractivity contribution in [2.24, 2.45) is 34.8 Å². The number of nitrogens with two attached hydrogens (primary N) is 4. The SMILES string of the molecule is CCCCCCC[C@@H](O)CC(=O)N[C@H](CC(N)=O)C(=O)N[C@H]1CCNC(=O)[C@H](CC(C)C)NC(=O)[C@H](CCN)NC(=O)[C@H](CCN)NC(=O)[C@H](CC(C)C)NC(=O)[C@@H](Cc2ccccc2)NC(=O)[C@H](CCN)NC1=O. The molecule has 18 N–H and O–H groups in total. The van der Waals surface area contributed by atoms with E-state index in [0.717, 1.165) is 25.7 Å². The summed E-state index contributed by atoms with van der Waals surface area (Å²) in [4.78, 5) is 138. The number of carbonyl (C=O) groups excluding carboxylic acids is 10. The van der Waals surface area contributed by atoms with Crippen LogP contribution in [0.15, 0.2) is 30.3 Å². The lowest BCUT2D eigenvalue weighted by molar-refractivity contribution is -0.136. The summed E-state index contributed by atoms with van der Waals surface area (Å²) >= 11 is 0. The van der Waals surface area contributed by atoms with Crippen molar-refractivity contribution in [1.82, 2.24) is 47.9 Å². The quantitative estimate of drug-likeness (QED) is 0.0461. The van der Waals surface area contributed by atoms with Gasteiger partial charge in [0.15, 0.2) is 0 Å². The molecule has 0 spiro atoms. The van der Waals surface area contributed by atoms with Gasteiger partial charge in [-0.25, -0.2) is 0 Å². The average molecular weight is 1060 g/mol. The van der Waals surface area contributed by atoms with Crippen LogP contribution < -0.4 is 70.8 Å². The highest BCUT2D eigenvalue weighted by Crippen LogP contribution is 2.13. The molecular weight excluding hydrogens is 971 g/mol. The summed E-state index contributed by atoms with van der Waals surface area (Å²) in [6.07, 6.45) is 2.19. The van der Waals surface area contributed by atoms with Crippen molar-refractivity contribution in [3.8, 4) is 0 Å². The minimum Gasteiger partial charge on any atom is -0.393 e. The second-order valence-corrected chi connectivity index (χ2v) is 20.0. The zero-order valence-corrected chi connectivity index (χ0v) is 44.5. The summed E-state index contributed by atoms with van der Waals surface area (Å²) in [5.74, 6) is -8.75. The molecule has 0 unspecified atom stereocenters. The van der Waals surface area contributed by atoms with E-state index < -0.39 is 120 Å². The number of unbranched alkanes of at least 4 members (excludes halogenated alkanes) is 4. The summed E-state index contributed by atoms with van der Waals surface area (Å²) in [7, 11) is 0. The maximum Gasteiger partial charge on any atom is 0.243 e. The van der Waals surface area contributed by atoms with Gasteiger partial charge >= 0.3 is 0 Å². The van der Waals surface area contributed by atoms with Gasteiger partial charge in [0.1, 0.15) is 48.3 Å². The maximum atomic E-state index is 14.4. The highest BCUT2D eigenvalue weighted by molar-refractivity contribution is 5.99. The van der Waals surface area contributed by atoms with Gasteiger partial charge in [0.05, 0.1) is 18.9 Å². The van der Waals surface area contributed by atoms with Crippen molar-refractivity contribution < 1.29 is 53.1 Å². The number of nitrogens with one attached hydrogen (secondary N) is 9. The number of amides is 10. The largest absolute Gasteiger partial charge is 0.393 e. The zero-order chi connectivity index (χ0) is 56.0. The third kappa shape index (κ3) is 25.2. The zero-order valence-electron chi connectivity index (χ0n) is 44.5. The molecule has 1 fully saturated rings. The first kappa shape index (κ1) is 64.9. The van der Waals surface area contributed by atoms with Crippen molar-refractivity contribution in [2.75, 3.05) is 26.2 Å². The Morgan fingerprint density at radius 3 is 1.56 bits per heavy atom. The van der Waals surface area contributed by atoms with Crippen molar-refractivity contribution in [3.05, 3.63) is 35.9 Å². The topological polar surface area (TPSA) is 403 Å². The Labute approximate surface area is 441 Å². The Bertz CT molecular complexity index is 2010. The summed E-state index contributed by atoms with van der Waals surface area (Å²) in [5, 5.41) is 34.2. The number of carbonyl (C=O) groups is 10. The van der Waals surface area contributed by atoms with E-state index in [1.54, 1.807) is 30.3 Å². The minimum absolute atomic E-state index is 0.0604. The molecule has 1 saturated heterocycles.